The molecule has 5 rings (SSSR count). The number of likely N-dealkylation sites (tertiary alicyclic amines) is 1. The number of hydrogen-bond acceptors (Lipinski definition) is 7. The fourth-order valence-corrected chi connectivity index (χ4v) is 4.62. The van der Waals surface area contributed by atoms with Gasteiger partial charge in [0.2, 0.25) is 0 Å². The van der Waals surface area contributed by atoms with E-state index >= 15 is 0 Å². The van der Waals surface area contributed by atoms with E-state index in [0.717, 1.165) is 67.1 Å². The predicted octanol–water partition coefficient (Wildman–Crippen LogP) is 1.95. The molecule has 2 saturated heterocycles. The Hall–Kier alpha value is -2.87. The van der Waals surface area contributed by atoms with Crippen molar-refractivity contribution in [3.05, 3.63) is 53.6 Å². The highest BCUT2D eigenvalue weighted by molar-refractivity contribution is 5.45. The molecule has 150 valence electrons. The normalized spacial score (nSPS) is 21.7. The van der Waals surface area contributed by atoms with Gasteiger partial charge in [0.1, 0.15) is 12.1 Å². The Morgan fingerprint density at radius 3 is 2.24 bits per heavy atom. The number of aromatic nitrogens is 6. The van der Waals surface area contributed by atoms with Crippen molar-refractivity contribution in [3.63, 3.8) is 0 Å². The van der Waals surface area contributed by atoms with Crippen molar-refractivity contribution in [1.29, 1.82) is 0 Å². The first-order valence-corrected chi connectivity index (χ1v) is 10.2. The van der Waals surface area contributed by atoms with Crippen molar-refractivity contribution in [2.75, 3.05) is 31.1 Å². The molecule has 3 aromatic heterocycles. The highest BCUT2D eigenvalue weighted by Crippen LogP contribution is 2.34. The molecule has 2 unspecified atom stereocenters. The van der Waals surface area contributed by atoms with Crippen molar-refractivity contribution in [3.8, 4) is 5.82 Å². The molecule has 0 aliphatic carbocycles. The summed E-state index contributed by atoms with van der Waals surface area (Å²) >= 11 is 0. The Kier molecular flexibility index (Phi) is 4.50. The van der Waals surface area contributed by atoms with E-state index < -0.39 is 0 Å². The van der Waals surface area contributed by atoms with Crippen molar-refractivity contribution in [2.45, 2.75) is 27.3 Å². The van der Waals surface area contributed by atoms with E-state index in [0.29, 0.717) is 11.8 Å². The van der Waals surface area contributed by atoms with Crippen LogP contribution in [-0.2, 0) is 6.54 Å². The summed E-state index contributed by atoms with van der Waals surface area (Å²) < 4.78 is 1.89. The minimum absolute atomic E-state index is 0.667. The highest BCUT2D eigenvalue weighted by atomic mass is 15.3. The van der Waals surface area contributed by atoms with E-state index in [1.54, 1.807) is 6.33 Å². The second-order valence-electron chi connectivity index (χ2n) is 8.34. The second kappa shape index (κ2) is 7.18. The summed E-state index contributed by atoms with van der Waals surface area (Å²) in [5.74, 6) is 3.16. The molecule has 5 heterocycles. The van der Waals surface area contributed by atoms with Crippen molar-refractivity contribution in [1.82, 2.24) is 34.6 Å². The Labute approximate surface area is 170 Å². The zero-order valence-corrected chi connectivity index (χ0v) is 17.2. The molecule has 2 fully saturated rings. The van der Waals surface area contributed by atoms with E-state index in [-0.39, 0.29) is 0 Å². The molecule has 0 radical (unpaired) electrons. The van der Waals surface area contributed by atoms with Crippen LogP contribution in [0.2, 0.25) is 0 Å². The van der Waals surface area contributed by atoms with Gasteiger partial charge in [0.05, 0.1) is 17.1 Å². The van der Waals surface area contributed by atoms with Gasteiger partial charge in [-0.3, -0.25) is 14.9 Å². The van der Waals surface area contributed by atoms with E-state index in [4.69, 9.17) is 0 Å². The molecule has 0 bridgehead atoms. The molecule has 2 aliphatic rings. The maximum absolute atomic E-state index is 4.55. The number of rotatable bonds is 4. The number of anilines is 1. The third kappa shape index (κ3) is 3.60. The van der Waals surface area contributed by atoms with Gasteiger partial charge < -0.3 is 4.90 Å². The van der Waals surface area contributed by atoms with Gasteiger partial charge >= 0.3 is 0 Å². The second-order valence-corrected chi connectivity index (χ2v) is 8.34. The molecule has 2 atom stereocenters. The lowest BCUT2D eigenvalue weighted by Gasteiger charge is -2.22. The molecular formula is C21H26N8. The summed E-state index contributed by atoms with van der Waals surface area (Å²) in [5, 5.41) is 4.55. The van der Waals surface area contributed by atoms with Crippen LogP contribution in [0.3, 0.4) is 0 Å². The number of nitrogens with zero attached hydrogens (tertiary/aromatic N) is 8. The lowest BCUT2D eigenvalue weighted by molar-refractivity contribution is 0.304. The van der Waals surface area contributed by atoms with E-state index in [2.05, 4.69) is 53.9 Å². The number of aryl methyl sites for hydroxylation is 3. The van der Waals surface area contributed by atoms with E-state index in [9.17, 15) is 0 Å². The monoisotopic (exact) mass is 390 g/mol. The maximum Gasteiger partial charge on any atom is 0.159 e. The minimum Gasteiger partial charge on any atom is -0.356 e. The van der Waals surface area contributed by atoms with Crippen LogP contribution >= 0.6 is 0 Å². The maximum atomic E-state index is 4.55. The van der Waals surface area contributed by atoms with Gasteiger partial charge in [-0.15, -0.1) is 0 Å². The Bertz CT molecular complexity index is 998. The zero-order chi connectivity index (χ0) is 20.0. The van der Waals surface area contributed by atoms with Crippen LogP contribution in [0.4, 0.5) is 5.82 Å². The summed E-state index contributed by atoms with van der Waals surface area (Å²) in [7, 11) is 0. The largest absolute Gasteiger partial charge is 0.356 e. The topological polar surface area (TPSA) is 75.9 Å². The van der Waals surface area contributed by atoms with Crippen LogP contribution < -0.4 is 4.90 Å². The van der Waals surface area contributed by atoms with Crippen molar-refractivity contribution >= 4 is 5.82 Å². The van der Waals surface area contributed by atoms with Crippen LogP contribution in [0.1, 0.15) is 22.8 Å². The predicted molar refractivity (Wildman–Crippen MR) is 110 cm³/mol. The summed E-state index contributed by atoms with van der Waals surface area (Å²) in [6.45, 7) is 11.2. The molecule has 3 aromatic rings. The number of fused-ring (bicyclic) bond motifs is 1. The quantitative estimate of drug-likeness (QED) is 0.674. The van der Waals surface area contributed by atoms with Gasteiger partial charge in [0.15, 0.2) is 5.82 Å². The Morgan fingerprint density at radius 1 is 0.828 bits per heavy atom. The van der Waals surface area contributed by atoms with Crippen LogP contribution in [0.15, 0.2) is 30.9 Å². The molecule has 8 nitrogen and oxygen atoms in total. The fourth-order valence-electron chi connectivity index (χ4n) is 4.62. The summed E-state index contributed by atoms with van der Waals surface area (Å²) in [6, 6.07) is 4.12. The molecule has 2 aliphatic heterocycles. The first kappa shape index (κ1) is 18.2. The Balaban J connectivity index is 1.25. The summed E-state index contributed by atoms with van der Waals surface area (Å²) in [5.41, 5.74) is 4.10. The van der Waals surface area contributed by atoms with Crippen molar-refractivity contribution in [2.24, 2.45) is 11.8 Å². The third-order valence-electron chi connectivity index (χ3n) is 5.97. The first-order valence-electron chi connectivity index (χ1n) is 10.2. The smallest absolute Gasteiger partial charge is 0.159 e. The molecule has 8 heteroatoms. The lowest BCUT2D eigenvalue weighted by atomic mass is 10.0. The van der Waals surface area contributed by atoms with Crippen LogP contribution in [0.5, 0.6) is 0 Å². The van der Waals surface area contributed by atoms with Gasteiger partial charge in [-0.25, -0.2) is 14.6 Å². The van der Waals surface area contributed by atoms with Gasteiger partial charge in [-0.1, -0.05) is 0 Å². The zero-order valence-electron chi connectivity index (χ0n) is 17.2. The van der Waals surface area contributed by atoms with E-state index in [1.165, 1.54) is 0 Å². The molecule has 0 aromatic carbocycles. The molecule has 0 amide bonds. The molecule has 0 saturated carbocycles. The van der Waals surface area contributed by atoms with Gasteiger partial charge in [0.25, 0.3) is 0 Å². The third-order valence-corrected chi connectivity index (χ3v) is 5.97. The minimum atomic E-state index is 0.667. The molecule has 0 N–H and O–H groups in total. The summed E-state index contributed by atoms with van der Waals surface area (Å²) in [4.78, 5) is 22.8. The fraction of sp³-hybridized carbons (Fsp3) is 0.476. The van der Waals surface area contributed by atoms with Crippen LogP contribution in [0, 0.1) is 32.6 Å². The SMILES string of the molecule is Cc1cnc(CN2CC3CN(c4cc(-n5nc(C)cc5C)ncn4)CC3C2)cn1. The average molecular weight is 390 g/mol. The van der Waals surface area contributed by atoms with Gasteiger partial charge in [0, 0.05) is 56.9 Å². The lowest BCUT2D eigenvalue weighted by Crippen LogP contribution is -2.29. The molecule has 29 heavy (non-hydrogen) atoms. The molecule has 0 spiro atoms. The number of hydrogen-bond donors (Lipinski definition) is 0. The van der Waals surface area contributed by atoms with Crippen LogP contribution in [0.25, 0.3) is 5.82 Å². The van der Waals surface area contributed by atoms with Crippen LogP contribution in [-0.4, -0.2) is 60.8 Å². The van der Waals surface area contributed by atoms with Crippen molar-refractivity contribution < 1.29 is 0 Å². The summed E-state index contributed by atoms with van der Waals surface area (Å²) in [6.07, 6.45) is 5.40. The highest BCUT2D eigenvalue weighted by Gasteiger charge is 2.40. The average Bonchev–Trinajstić information content (AvgIpc) is 3.36. The van der Waals surface area contributed by atoms with Gasteiger partial charge in [-0.05, 0) is 38.7 Å². The Morgan fingerprint density at radius 2 is 1.59 bits per heavy atom. The molecular weight excluding hydrogens is 364 g/mol. The standard InChI is InChI=1S/C21H26N8/c1-14-4-16(3)29(26-14)21-5-20(24-13-25-21)28-10-17-8-27(9-18(17)11-28)12-19-7-22-15(2)6-23-19/h4-7,13,17-18H,8-12H2,1-3H3. The first-order chi connectivity index (χ1) is 14.0. The van der Waals surface area contributed by atoms with Gasteiger partial charge in [-0.2, -0.15) is 5.10 Å². The van der Waals surface area contributed by atoms with E-state index in [1.807, 2.05) is 30.9 Å².